The molecule has 2 rings (SSSR count). The van der Waals surface area contributed by atoms with Gasteiger partial charge >= 0.3 is 0 Å². The zero-order valence-electron chi connectivity index (χ0n) is 11.8. The third-order valence-electron chi connectivity index (χ3n) is 3.89. The van der Waals surface area contributed by atoms with Crippen molar-refractivity contribution in [2.45, 2.75) is 32.4 Å². The van der Waals surface area contributed by atoms with E-state index in [2.05, 4.69) is 0 Å². The summed E-state index contributed by atoms with van der Waals surface area (Å²) in [6.07, 6.45) is 0.295. The first-order valence-corrected chi connectivity index (χ1v) is 6.70. The van der Waals surface area contributed by atoms with Crippen LogP contribution in [0.25, 0.3) is 10.8 Å². The average molecular weight is 296 g/mol. The van der Waals surface area contributed by atoms with E-state index < -0.39 is 12.1 Å². The van der Waals surface area contributed by atoms with Gasteiger partial charge in [-0.2, -0.15) is 0 Å². The first-order chi connectivity index (χ1) is 9.06. The molecule has 2 aromatic rings. The van der Waals surface area contributed by atoms with Crippen LogP contribution in [0, 0.1) is 5.92 Å². The standard InChI is InChI=1S/C16H21NO2.ClH/c1-3-10(2)16(19)15(17)13-8-9-14(18)12-7-5-4-6-11(12)13;/h4-10,15-16,18-19H,3,17H2,1-2H3;1H/t10?,15-,16+;/m1./s1. The van der Waals surface area contributed by atoms with Gasteiger partial charge in [-0.1, -0.05) is 50.6 Å². The molecular weight excluding hydrogens is 274 g/mol. The van der Waals surface area contributed by atoms with E-state index in [-0.39, 0.29) is 24.1 Å². The van der Waals surface area contributed by atoms with Crippen LogP contribution in [-0.2, 0) is 0 Å². The van der Waals surface area contributed by atoms with Crippen molar-refractivity contribution in [3.8, 4) is 5.75 Å². The Balaban J connectivity index is 0.00000200. The molecule has 0 aliphatic carbocycles. The van der Waals surface area contributed by atoms with Crippen molar-refractivity contribution in [1.82, 2.24) is 0 Å². The van der Waals surface area contributed by atoms with Crippen molar-refractivity contribution in [1.29, 1.82) is 0 Å². The molecule has 4 N–H and O–H groups in total. The van der Waals surface area contributed by atoms with Crippen LogP contribution in [0.4, 0.5) is 0 Å². The number of aliphatic hydroxyl groups is 1. The highest BCUT2D eigenvalue weighted by Gasteiger charge is 2.23. The van der Waals surface area contributed by atoms with E-state index in [1.165, 1.54) is 0 Å². The minimum Gasteiger partial charge on any atom is -0.507 e. The maximum atomic E-state index is 10.3. The second-order valence-electron chi connectivity index (χ2n) is 5.12. The number of benzene rings is 2. The number of rotatable bonds is 4. The summed E-state index contributed by atoms with van der Waals surface area (Å²) in [7, 11) is 0. The van der Waals surface area contributed by atoms with E-state index in [4.69, 9.17) is 5.73 Å². The van der Waals surface area contributed by atoms with E-state index in [1.54, 1.807) is 12.1 Å². The van der Waals surface area contributed by atoms with Gasteiger partial charge in [-0.15, -0.1) is 12.4 Å². The Morgan fingerprint density at radius 2 is 1.70 bits per heavy atom. The van der Waals surface area contributed by atoms with E-state index >= 15 is 0 Å². The van der Waals surface area contributed by atoms with Gasteiger partial charge in [0.15, 0.2) is 0 Å². The van der Waals surface area contributed by atoms with E-state index in [9.17, 15) is 10.2 Å². The van der Waals surface area contributed by atoms with Crippen molar-refractivity contribution >= 4 is 23.2 Å². The van der Waals surface area contributed by atoms with Gasteiger partial charge in [0.2, 0.25) is 0 Å². The van der Waals surface area contributed by atoms with Gasteiger partial charge in [-0.05, 0) is 22.9 Å². The monoisotopic (exact) mass is 295 g/mol. The van der Waals surface area contributed by atoms with E-state index in [0.717, 1.165) is 22.8 Å². The molecule has 0 aliphatic heterocycles. The van der Waals surface area contributed by atoms with Crippen molar-refractivity contribution in [2.24, 2.45) is 11.7 Å². The molecule has 0 spiro atoms. The molecule has 3 atom stereocenters. The third kappa shape index (κ3) is 3.06. The first kappa shape index (κ1) is 16.8. The Labute approximate surface area is 125 Å². The highest BCUT2D eigenvalue weighted by atomic mass is 35.5. The molecular formula is C16H22ClNO2. The fourth-order valence-electron chi connectivity index (χ4n) is 2.38. The molecule has 4 heteroatoms. The van der Waals surface area contributed by atoms with Crippen molar-refractivity contribution in [3.05, 3.63) is 42.0 Å². The topological polar surface area (TPSA) is 66.5 Å². The molecule has 20 heavy (non-hydrogen) atoms. The Hall–Kier alpha value is -1.29. The number of halogens is 1. The minimum atomic E-state index is -0.585. The molecule has 2 aromatic carbocycles. The lowest BCUT2D eigenvalue weighted by atomic mass is 9.89. The highest BCUT2D eigenvalue weighted by Crippen LogP contribution is 2.32. The molecule has 0 radical (unpaired) electrons. The quantitative estimate of drug-likeness (QED) is 0.810. The van der Waals surface area contributed by atoms with Crippen LogP contribution in [0.15, 0.2) is 36.4 Å². The number of nitrogens with two attached hydrogens (primary N) is 1. The number of phenolic OH excluding ortho intramolecular Hbond substituents is 1. The molecule has 0 bridgehead atoms. The van der Waals surface area contributed by atoms with Gasteiger partial charge in [0.05, 0.1) is 12.1 Å². The summed E-state index contributed by atoms with van der Waals surface area (Å²) in [5.41, 5.74) is 7.08. The average Bonchev–Trinajstić information content (AvgIpc) is 2.45. The summed E-state index contributed by atoms with van der Waals surface area (Å²) in [4.78, 5) is 0. The van der Waals surface area contributed by atoms with Gasteiger partial charge in [-0.3, -0.25) is 0 Å². The molecule has 110 valence electrons. The molecule has 0 saturated carbocycles. The molecule has 0 aromatic heterocycles. The second-order valence-corrected chi connectivity index (χ2v) is 5.12. The van der Waals surface area contributed by atoms with Gasteiger partial charge < -0.3 is 15.9 Å². The van der Waals surface area contributed by atoms with Gasteiger partial charge in [-0.25, -0.2) is 0 Å². The molecule has 3 nitrogen and oxygen atoms in total. The first-order valence-electron chi connectivity index (χ1n) is 6.70. The Bertz CT molecular complexity index is 573. The van der Waals surface area contributed by atoms with Crippen LogP contribution in [0.1, 0.15) is 31.9 Å². The lowest BCUT2D eigenvalue weighted by molar-refractivity contribution is 0.0884. The zero-order chi connectivity index (χ0) is 14.0. The van der Waals surface area contributed by atoms with Crippen LogP contribution in [0.2, 0.25) is 0 Å². The Kier molecular flexibility index (Phi) is 5.81. The number of fused-ring (bicyclic) bond motifs is 1. The van der Waals surface area contributed by atoms with Gasteiger partial charge in [0.25, 0.3) is 0 Å². The highest BCUT2D eigenvalue weighted by molar-refractivity contribution is 5.91. The fraction of sp³-hybridized carbons (Fsp3) is 0.375. The smallest absolute Gasteiger partial charge is 0.123 e. The summed E-state index contributed by atoms with van der Waals surface area (Å²) in [5, 5.41) is 21.8. The summed E-state index contributed by atoms with van der Waals surface area (Å²) in [5.74, 6) is 0.382. The number of aromatic hydroxyl groups is 1. The van der Waals surface area contributed by atoms with Crippen LogP contribution in [-0.4, -0.2) is 16.3 Å². The fourth-order valence-corrected chi connectivity index (χ4v) is 2.38. The summed E-state index contributed by atoms with van der Waals surface area (Å²) in [6, 6.07) is 10.6. The number of hydrogen-bond acceptors (Lipinski definition) is 3. The Morgan fingerprint density at radius 1 is 1.10 bits per heavy atom. The number of hydrogen-bond donors (Lipinski definition) is 3. The number of aliphatic hydroxyl groups excluding tert-OH is 1. The van der Waals surface area contributed by atoms with E-state index in [1.807, 2.05) is 38.1 Å². The molecule has 0 saturated heterocycles. The normalized spacial score (nSPS) is 15.4. The molecule has 0 aliphatic rings. The number of phenols is 1. The Morgan fingerprint density at radius 3 is 2.30 bits per heavy atom. The lowest BCUT2D eigenvalue weighted by Crippen LogP contribution is -2.31. The van der Waals surface area contributed by atoms with Crippen molar-refractivity contribution in [3.63, 3.8) is 0 Å². The van der Waals surface area contributed by atoms with Gasteiger partial charge in [0.1, 0.15) is 5.75 Å². The molecule has 0 heterocycles. The predicted octanol–water partition coefficient (Wildman–Crippen LogP) is 3.37. The second kappa shape index (κ2) is 6.93. The van der Waals surface area contributed by atoms with E-state index in [0.29, 0.717) is 0 Å². The van der Waals surface area contributed by atoms with Crippen LogP contribution in [0.3, 0.4) is 0 Å². The summed E-state index contributed by atoms with van der Waals surface area (Å²) < 4.78 is 0. The largest absolute Gasteiger partial charge is 0.507 e. The van der Waals surface area contributed by atoms with Crippen molar-refractivity contribution < 1.29 is 10.2 Å². The van der Waals surface area contributed by atoms with Crippen LogP contribution in [0.5, 0.6) is 5.75 Å². The SMILES string of the molecule is CCC(C)[C@H](O)[C@H](N)c1ccc(O)c2ccccc12.Cl. The maximum absolute atomic E-state index is 10.3. The van der Waals surface area contributed by atoms with Crippen LogP contribution < -0.4 is 5.73 Å². The summed E-state index contributed by atoms with van der Waals surface area (Å²) in [6.45, 7) is 4.03. The molecule has 0 amide bonds. The van der Waals surface area contributed by atoms with Crippen molar-refractivity contribution in [2.75, 3.05) is 0 Å². The maximum Gasteiger partial charge on any atom is 0.123 e. The summed E-state index contributed by atoms with van der Waals surface area (Å²) >= 11 is 0. The lowest BCUT2D eigenvalue weighted by Gasteiger charge is -2.25. The predicted molar refractivity (Wildman–Crippen MR) is 85.3 cm³/mol. The van der Waals surface area contributed by atoms with Crippen LogP contribution >= 0.6 is 12.4 Å². The minimum absolute atomic E-state index is 0. The third-order valence-corrected chi connectivity index (χ3v) is 3.89. The molecule has 1 unspecified atom stereocenters. The van der Waals surface area contributed by atoms with Gasteiger partial charge in [0, 0.05) is 5.39 Å². The molecule has 0 fully saturated rings. The zero-order valence-corrected chi connectivity index (χ0v) is 12.6.